The van der Waals surface area contributed by atoms with Crippen LogP contribution >= 0.6 is 0 Å². The van der Waals surface area contributed by atoms with E-state index in [0.717, 1.165) is 6.92 Å². The molecule has 0 aromatic heterocycles. The van der Waals surface area contributed by atoms with Gasteiger partial charge in [0.1, 0.15) is 0 Å². The van der Waals surface area contributed by atoms with Gasteiger partial charge in [-0.2, -0.15) is 0 Å². The molecule has 23 heavy (non-hydrogen) atoms. The fraction of sp³-hybridized carbons (Fsp3) is 0.545. The number of carbonyl (C=O) groups is 5. The predicted octanol–water partition coefficient (Wildman–Crippen LogP) is -1.95. The monoisotopic (exact) mass is 340 g/mol. The molecular weight excluding hydrogens is 324 g/mol. The van der Waals surface area contributed by atoms with E-state index in [-0.39, 0.29) is 0 Å². The summed E-state index contributed by atoms with van der Waals surface area (Å²) in [6.07, 6.45) is -3.08. The van der Waals surface area contributed by atoms with E-state index in [2.05, 4.69) is 0 Å². The quantitative estimate of drug-likeness (QED) is 0.256. The summed E-state index contributed by atoms with van der Waals surface area (Å²) in [6.45, 7) is 0.934. The lowest BCUT2D eigenvalue weighted by atomic mass is 9.96. The van der Waals surface area contributed by atoms with Crippen LogP contribution in [0.25, 0.3) is 0 Å². The fourth-order valence-corrected chi connectivity index (χ4v) is 1.08. The second-order valence-corrected chi connectivity index (χ2v) is 4.63. The van der Waals surface area contributed by atoms with Crippen LogP contribution < -0.4 is 0 Å². The minimum atomic E-state index is -2.74. The van der Waals surface area contributed by atoms with Crippen LogP contribution in [0.2, 0.25) is 0 Å². The highest BCUT2D eigenvalue weighted by atomic mass is 16.4. The van der Waals surface area contributed by atoms with E-state index in [1.807, 2.05) is 0 Å². The summed E-state index contributed by atoms with van der Waals surface area (Å²) in [4.78, 5) is 50.4. The van der Waals surface area contributed by atoms with Gasteiger partial charge in [0, 0.05) is 0 Å². The van der Waals surface area contributed by atoms with Gasteiger partial charge in [-0.25, -0.2) is 9.59 Å². The van der Waals surface area contributed by atoms with Gasteiger partial charge in [-0.3, -0.25) is 14.4 Å². The van der Waals surface area contributed by atoms with Crippen molar-refractivity contribution in [3.8, 4) is 0 Å². The number of hydrogen-bond donors (Lipinski definition) is 7. The maximum atomic E-state index is 10.3. The van der Waals surface area contributed by atoms with Gasteiger partial charge >= 0.3 is 29.8 Å². The van der Waals surface area contributed by atoms with Gasteiger partial charge in [0.05, 0.1) is 19.3 Å². The minimum absolute atomic E-state index is 0.789. The van der Waals surface area contributed by atoms with Gasteiger partial charge in [0.25, 0.3) is 0 Å². The lowest BCUT2D eigenvalue weighted by molar-refractivity contribution is -0.170. The Labute approximate surface area is 128 Å². The van der Waals surface area contributed by atoms with Crippen LogP contribution in [0.1, 0.15) is 26.2 Å². The van der Waals surface area contributed by atoms with Crippen LogP contribution in [0.3, 0.4) is 0 Å². The molecule has 0 saturated carbocycles. The molecule has 0 spiro atoms. The van der Waals surface area contributed by atoms with Gasteiger partial charge in [0.2, 0.25) is 0 Å². The summed E-state index contributed by atoms with van der Waals surface area (Å²) in [6, 6.07) is 0. The van der Waals surface area contributed by atoms with Crippen molar-refractivity contribution in [2.45, 2.75) is 37.4 Å². The summed E-state index contributed by atoms with van der Waals surface area (Å²) < 4.78 is 0. The third-order valence-electron chi connectivity index (χ3n) is 2.24. The zero-order valence-corrected chi connectivity index (χ0v) is 11.8. The Morgan fingerprint density at radius 3 is 1.09 bits per heavy atom. The predicted molar refractivity (Wildman–Crippen MR) is 67.6 cm³/mol. The first-order valence-corrected chi connectivity index (χ1v) is 5.71. The third-order valence-corrected chi connectivity index (χ3v) is 2.24. The van der Waals surface area contributed by atoms with Crippen LogP contribution in [0.5, 0.6) is 0 Å². The molecule has 0 bridgehead atoms. The van der Waals surface area contributed by atoms with Crippen molar-refractivity contribution in [2.24, 2.45) is 0 Å². The topological polar surface area (TPSA) is 227 Å². The van der Waals surface area contributed by atoms with E-state index in [4.69, 9.17) is 35.7 Å². The summed E-state index contributed by atoms with van der Waals surface area (Å²) in [5, 5.41) is 58.8. The Bertz CT molecular complexity index is 475. The summed E-state index contributed by atoms with van der Waals surface area (Å²) >= 11 is 0. The molecule has 0 rings (SSSR count). The smallest absolute Gasteiger partial charge is 0.336 e. The molecule has 0 aromatic carbocycles. The number of carboxylic acids is 5. The number of aliphatic hydroxyl groups is 2. The van der Waals surface area contributed by atoms with E-state index in [1.54, 1.807) is 0 Å². The molecule has 1 unspecified atom stereocenters. The first kappa shape index (κ1) is 22.5. The molecule has 0 radical (unpaired) electrons. The molecule has 0 amide bonds. The van der Waals surface area contributed by atoms with Gasteiger partial charge < -0.3 is 35.7 Å². The lowest BCUT2D eigenvalue weighted by Crippen LogP contribution is -2.42. The Balaban J connectivity index is 0. The minimum Gasteiger partial charge on any atom is -0.481 e. The SMILES string of the molecule is CC(O)(CC(=O)O)C(=O)O.O=C(O)CC(O)(CC(=O)O)C(=O)O. The third kappa shape index (κ3) is 9.76. The standard InChI is InChI=1S/C6H8O7.C5H8O5/c7-3(8)1-6(13,5(11)12)2-4(9)10;1-5(10,4(8)9)2-3(6)7/h13H,1-2H2,(H,7,8)(H,9,10)(H,11,12);10H,2H2,1H3,(H,6,7)(H,8,9). The zero-order valence-electron chi connectivity index (χ0n) is 11.8. The van der Waals surface area contributed by atoms with Crippen molar-refractivity contribution in [2.75, 3.05) is 0 Å². The van der Waals surface area contributed by atoms with Crippen LogP contribution in [0.4, 0.5) is 0 Å². The van der Waals surface area contributed by atoms with Gasteiger partial charge in [-0.15, -0.1) is 0 Å². The molecule has 12 heteroatoms. The van der Waals surface area contributed by atoms with Gasteiger partial charge in [-0.05, 0) is 6.92 Å². The van der Waals surface area contributed by atoms with Crippen LogP contribution in [0, 0.1) is 0 Å². The number of rotatable bonds is 8. The molecule has 132 valence electrons. The molecule has 0 aliphatic rings. The lowest BCUT2D eigenvalue weighted by Gasteiger charge is -2.18. The molecule has 1 atom stereocenters. The summed E-state index contributed by atoms with van der Waals surface area (Å²) in [5.74, 6) is -7.89. The summed E-state index contributed by atoms with van der Waals surface area (Å²) in [7, 11) is 0. The number of carboxylic acid groups (broad SMARTS) is 5. The van der Waals surface area contributed by atoms with Gasteiger partial charge in [0.15, 0.2) is 11.2 Å². The molecule has 0 saturated heterocycles. The number of aliphatic carboxylic acids is 5. The Hall–Kier alpha value is -2.73. The van der Waals surface area contributed by atoms with Crippen LogP contribution in [-0.2, 0) is 24.0 Å². The fourth-order valence-electron chi connectivity index (χ4n) is 1.08. The zero-order chi connectivity index (χ0) is 19.0. The summed E-state index contributed by atoms with van der Waals surface area (Å²) in [5.41, 5.74) is -4.90. The van der Waals surface area contributed by atoms with Crippen molar-refractivity contribution in [3.05, 3.63) is 0 Å². The Morgan fingerprint density at radius 2 is 0.957 bits per heavy atom. The molecule has 12 nitrogen and oxygen atoms in total. The highest BCUT2D eigenvalue weighted by Gasteiger charge is 2.40. The first-order valence-electron chi connectivity index (χ1n) is 5.71. The maximum Gasteiger partial charge on any atom is 0.336 e. The van der Waals surface area contributed by atoms with E-state index >= 15 is 0 Å². The second-order valence-electron chi connectivity index (χ2n) is 4.63. The molecule has 0 aliphatic heterocycles. The molecule has 0 heterocycles. The highest BCUT2D eigenvalue weighted by molar-refractivity contribution is 5.88. The van der Waals surface area contributed by atoms with E-state index in [0.29, 0.717) is 0 Å². The molecule has 7 N–H and O–H groups in total. The number of hydrogen-bond acceptors (Lipinski definition) is 7. The average Bonchev–Trinajstić information content (AvgIpc) is 2.24. The van der Waals surface area contributed by atoms with Crippen molar-refractivity contribution >= 4 is 29.8 Å². The second kappa shape index (κ2) is 8.65. The van der Waals surface area contributed by atoms with Gasteiger partial charge in [-0.1, -0.05) is 0 Å². The maximum absolute atomic E-state index is 10.3. The molecular formula is C11H16O12. The highest BCUT2D eigenvalue weighted by Crippen LogP contribution is 2.15. The Kier molecular flexibility index (Phi) is 8.48. The van der Waals surface area contributed by atoms with Crippen molar-refractivity contribution < 1.29 is 59.7 Å². The normalized spacial score (nSPS) is 13.0. The van der Waals surface area contributed by atoms with Crippen LogP contribution in [-0.4, -0.2) is 76.8 Å². The van der Waals surface area contributed by atoms with E-state index < -0.39 is 60.3 Å². The van der Waals surface area contributed by atoms with E-state index in [9.17, 15) is 24.0 Å². The van der Waals surface area contributed by atoms with Crippen molar-refractivity contribution in [1.82, 2.24) is 0 Å². The Morgan fingerprint density at radius 1 is 0.652 bits per heavy atom. The van der Waals surface area contributed by atoms with E-state index in [1.165, 1.54) is 0 Å². The average molecular weight is 340 g/mol. The molecule has 0 aromatic rings. The van der Waals surface area contributed by atoms with Crippen molar-refractivity contribution in [1.29, 1.82) is 0 Å². The largest absolute Gasteiger partial charge is 0.481 e. The molecule has 0 fully saturated rings. The first-order chi connectivity index (χ1) is 10.1. The van der Waals surface area contributed by atoms with Crippen LogP contribution in [0.15, 0.2) is 0 Å². The van der Waals surface area contributed by atoms with Crippen molar-refractivity contribution in [3.63, 3.8) is 0 Å². The molecule has 0 aliphatic carbocycles.